The van der Waals surface area contributed by atoms with Gasteiger partial charge < -0.3 is 15.3 Å². The van der Waals surface area contributed by atoms with Crippen LogP contribution in [0, 0.1) is 12.3 Å². The van der Waals surface area contributed by atoms with E-state index in [1.807, 2.05) is 51.1 Å². The van der Waals surface area contributed by atoms with E-state index in [1.165, 1.54) is 4.90 Å². The number of amides is 3. The van der Waals surface area contributed by atoms with E-state index in [0.717, 1.165) is 22.0 Å². The molecule has 1 saturated heterocycles. The van der Waals surface area contributed by atoms with Crippen molar-refractivity contribution in [2.75, 3.05) is 6.54 Å². The zero-order valence-electron chi connectivity index (χ0n) is 21.9. The van der Waals surface area contributed by atoms with E-state index in [-0.39, 0.29) is 12.3 Å². The lowest BCUT2D eigenvalue weighted by Gasteiger charge is -2.37. The number of Topliss-reactive ketones (excluding diaryl/α,β-unsaturated/α-hetero) is 1. The number of benzene rings is 1. The van der Waals surface area contributed by atoms with Gasteiger partial charge in [0.25, 0.3) is 11.8 Å². The van der Waals surface area contributed by atoms with Crippen LogP contribution in [0.2, 0.25) is 0 Å². The number of carbonyl (C=O) groups is 4. The van der Waals surface area contributed by atoms with Crippen molar-refractivity contribution in [3.63, 3.8) is 0 Å². The lowest BCUT2D eigenvalue weighted by Crippen LogP contribution is -2.58. The molecule has 0 radical (unpaired) electrons. The van der Waals surface area contributed by atoms with Gasteiger partial charge in [-0.25, -0.2) is 4.79 Å². The third kappa shape index (κ3) is 6.51. The van der Waals surface area contributed by atoms with Gasteiger partial charge in [0.15, 0.2) is 0 Å². The number of carbonyl (C=O) groups excluding carboxylic acids is 3. The summed E-state index contributed by atoms with van der Waals surface area (Å²) in [6, 6.07) is 7.55. The summed E-state index contributed by atoms with van der Waals surface area (Å²) in [4.78, 5) is 55.5. The summed E-state index contributed by atoms with van der Waals surface area (Å²) in [6.07, 6.45) is -0.499. The smallest absolute Gasteiger partial charge is 0.409 e. The number of unbranched alkanes of at least 4 members (excludes halogenated alkanes) is 1. The van der Waals surface area contributed by atoms with Gasteiger partial charge in [0.05, 0.1) is 11.7 Å². The topological polar surface area (TPSA) is 133 Å². The first-order valence-electron chi connectivity index (χ1n) is 12.5. The van der Waals surface area contributed by atoms with Crippen LogP contribution in [0.25, 0.3) is 0 Å². The fourth-order valence-electron chi connectivity index (χ4n) is 4.76. The predicted octanol–water partition coefficient (Wildman–Crippen LogP) is 4.03. The van der Waals surface area contributed by atoms with Gasteiger partial charge in [-0.05, 0) is 49.2 Å². The minimum Gasteiger partial charge on any atom is -0.465 e. The Hall–Kier alpha value is -3.34. The van der Waals surface area contributed by atoms with Crippen molar-refractivity contribution in [1.82, 2.24) is 24.7 Å². The zero-order chi connectivity index (χ0) is 27.3. The molecule has 0 spiro atoms. The molecule has 0 bridgehead atoms. The Morgan fingerprint density at radius 3 is 2.49 bits per heavy atom. The number of nitrogens with zero attached hydrogens (tertiary/aromatic N) is 4. The SMILES string of the molecule is CCCC[C@@H](C(=O)C(=O)NC(C)c1ccccc1)N(C(=O)O)C1CC(C)(C)CN1C(=O)c1snnc1C. The molecule has 10 nitrogen and oxygen atoms in total. The van der Waals surface area contributed by atoms with Gasteiger partial charge in [-0.1, -0.05) is 68.4 Å². The first-order valence-corrected chi connectivity index (χ1v) is 13.2. The molecule has 2 heterocycles. The summed E-state index contributed by atoms with van der Waals surface area (Å²) < 4.78 is 3.84. The third-order valence-corrected chi connectivity index (χ3v) is 7.50. The highest BCUT2D eigenvalue weighted by Gasteiger charge is 2.49. The Kier molecular flexibility index (Phi) is 9.01. The van der Waals surface area contributed by atoms with Crippen LogP contribution in [0.15, 0.2) is 30.3 Å². The van der Waals surface area contributed by atoms with Crippen LogP contribution in [0.3, 0.4) is 0 Å². The molecular weight excluding hydrogens is 494 g/mol. The molecule has 1 aromatic carbocycles. The van der Waals surface area contributed by atoms with E-state index in [1.54, 1.807) is 13.8 Å². The summed E-state index contributed by atoms with van der Waals surface area (Å²) in [6.45, 7) is 9.56. The molecule has 11 heteroatoms. The van der Waals surface area contributed by atoms with E-state index in [9.17, 15) is 24.3 Å². The summed E-state index contributed by atoms with van der Waals surface area (Å²) >= 11 is 0.956. The molecule has 2 N–H and O–H groups in total. The summed E-state index contributed by atoms with van der Waals surface area (Å²) in [7, 11) is 0. The monoisotopic (exact) mass is 529 g/mol. The molecule has 1 aliphatic heterocycles. The Labute approximate surface area is 221 Å². The largest absolute Gasteiger partial charge is 0.465 e. The molecular formula is C26H35N5O5S. The molecule has 3 amide bonds. The fraction of sp³-hybridized carbons (Fsp3) is 0.538. The van der Waals surface area contributed by atoms with Crippen molar-refractivity contribution < 1.29 is 24.3 Å². The minimum absolute atomic E-state index is 0.175. The van der Waals surface area contributed by atoms with Gasteiger partial charge in [0.1, 0.15) is 17.1 Å². The summed E-state index contributed by atoms with van der Waals surface area (Å²) in [5.74, 6) is -2.05. The fourth-order valence-corrected chi connectivity index (χ4v) is 5.37. The van der Waals surface area contributed by atoms with Crippen molar-refractivity contribution in [3.05, 3.63) is 46.5 Å². The van der Waals surface area contributed by atoms with Crippen molar-refractivity contribution >= 4 is 35.2 Å². The maximum atomic E-state index is 13.5. The van der Waals surface area contributed by atoms with Crippen molar-refractivity contribution in [3.8, 4) is 0 Å². The Balaban J connectivity index is 1.92. The van der Waals surface area contributed by atoms with Gasteiger partial charge in [0.2, 0.25) is 5.78 Å². The number of hydrogen-bond donors (Lipinski definition) is 2. The number of ketones is 1. The van der Waals surface area contributed by atoms with Crippen molar-refractivity contribution in [2.45, 2.75) is 78.6 Å². The number of aromatic nitrogens is 2. The number of hydrogen-bond acceptors (Lipinski definition) is 7. The van der Waals surface area contributed by atoms with Crippen LogP contribution in [0.1, 0.15) is 80.3 Å². The van der Waals surface area contributed by atoms with E-state index in [4.69, 9.17) is 0 Å². The molecule has 2 aromatic rings. The maximum absolute atomic E-state index is 13.5. The van der Waals surface area contributed by atoms with Crippen molar-refractivity contribution in [2.24, 2.45) is 5.41 Å². The minimum atomic E-state index is -1.35. The van der Waals surface area contributed by atoms with Crippen LogP contribution in [0.4, 0.5) is 4.79 Å². The number of carboxylic acid groups (broad SMARTS) is 1. The van der Waals surface area contributed by atoms with E-state index < -0.39 is 41.4 Å². The summed E-state index contributed by atoms with van der Waals surface area (Å²) in [5.41, 5.74) is 0.891. The highest BCUT2D eigenvalue weighted by atomic mass is 32.1. The molecule has 200 valence electrons. The first-order chi connectivity index (χ1) is 17.5. The highest BCUT2D eigenvalue weighted by molar-refractivity contribution is 7.07. The number of rotatable bonds is 10. The lowest BCUT2D eigenvalue weighted by molar-refractivity contribution is -0.142. The van der Waals surface area contributed by atoms with E-state index in [2.05, 4.69) is 14.9 Å². The average molecular weight is 530 g/mol. The van der Waals surface area contributed by atoms with Gasteiger partial charge >= 0.3 is 6.09 Å². The maximum Gasteiger partial charge on any atom is 0.409 e. The molecule has 1 aliphatic rings. The van der Waals surface area contributed by atoms with Crippen LogP contribution < -0.4 is 5.32 Å². The predicted molar refractivity (Wildman–Crippen MR) is 139 cm³/mol. The quantitative estimate of drug-likeness (QED) is 0.444. The van der Waals surface area contributed by atoms with E-state index in [0.29, 0.717) is 36.4 Å². The molecule has 1 fully saturated rings. The molecule has 37 heavy (non-hydrogen) atoms. The lowest BCUT2D eigenvalue weighted by atomic mass is 9.91. The third-order valence-electron chi connectivity index (χ3n) is 6.68. The molecule has 1 aromatic heterocycles. The second-order valence-corrected chi connectivity index (χ2v) is 11.0. The first kappa shape index (κ1) is 28.2. The molecule has 3 rings (SSSR count). The summed E-state index contributed by atoms with van der Waals surface area (Å²) in [5, 5.41) is 17.0. The van der Waals surface area contributed by atoms with E-state index >= 15 is 0 Å². The number of likely N-dealkylation sites (tertiary alicyclic amines) is 1. The van der Waals surface area contributed by atoms with Crippen LogP contribution in [-0.4, -0.2) is 66.9 Å². The molecule has 2 unspecified atom stereocenters. The normalized spacial score (nSPS) is 18.2. The van der Waals surface area contributed by atoms with Gasteiger partial charge in [-0.3, -0.25) is 19.3 Å². The molecule has 3 atom stereocenters. The van der Waals surface area contributed by atoms with Gasteiger partial charge in [-0.15, -0.1) is 5.10 Å². The second kappa shape index (κ2) is 11.8. The second-order valence-electron chi connectivity index (χ2n) is 10.3. The highest BCUT2D eigenvalue weighted by Crippen LogP contribution is 2.38. The molecule has 0 saturated carbocycles. The number of aryl methyl sites for hydroxylation is 1. The van der Waals surface area contributed by atoms with Crippen LogP contribution >= 0.6 is 11.5 Å². The van der Waals surface area contributed by atoms with Crippen LogP contribution in [-0.2, 0) is 9.59 Å². The van der Waals surface area contributed by atoms with Crippen LogP contribution in [0.5, 0.6) is 0 Å². The van der Waals surface area contributed by atoms with Gasteiger partial charge in [-0.2, -0.15) is 0 Å². The van der Waals surface area contributed by atoms with Crippen molar-refractivity contribution in [1.29, 1.82) is 0 Å². The van der Waals surface area contributed by atoms with Gasteiger partial charge in [0, 0.05) is 6.54 Å². The standard InChI is InChI=1S/C26H35N5O5S/c1-6-7-13-19(21(32)23(33)27-16(2)18-11-9-8-10-12-18)31(25(35)36)20-14-26(4,5)15-30(20)24(34)22-17(3)28-29-37-22/h8-12,16,19-20H,6-7,13-15H2,1-5H3,(H,27,33)(H,35,36)/t16?,19-,20?/m0/s1. The Morgan fingerprint density at radius 2 is 1.92 bits per heavy atom. The number of nitrogens with one attached hydrogen (secondary N) is 1. The zero-order valence-corrected chi connectivity index (χ0v) is 22.7. The average Bonchev–Trinajstić information content (AvgIpc) is 3.42. The Bertz CT molecular complexity index is 1140. The Morgan fingerprint density at radius 1 is 1.24 bits per heavy atom. The molecule has 0 aliphatic carbocycles.